The highest BCUT2D eigenvalue weighted by atomic mass is 19.1. The summed E-state index contributed by atoms with van der Waals surface area (Å²) in [5, 5.41) is 2.67. The highest BCUT2D eigenvalue weighted by Gasteiger charge is 2.10. The van der Waals surface area contributed by atoms with E-state index in [2.05, 4.69) is 25.3 Å². The zero-order chi connectivity index (χ0) is 22.3. The Morgan fingerprint density at radius 3 is 2.69 bits per heavy atom. The van der Waals surface area contributed by atoms with Gasteiger partial charge >= 0.3 is 0 Å². The van der Waals surface area contributed by atoms with Crippen LogP contribution in [0.3, 0.4) is 0 Å². The summed E-state index contributed by atoms with van der Waals surface area (Å²) in [5.41, 5.74) is 2.69. The van der Waals surface area contributed by atoms with Crippen molar-refractivity contribution in [2.75, 3.05) is 0 Å². The first-order valence-electron chi connectivity index (χ1n) is 10.5. The van der Waals surface area contributed by atoms with Crippen LogP contribution in [0.25, 0.3) is 11.0 Å². The topological polar surface area (TPSA) is 83.6 Å². The number of hydrogen-bond donors (Lipinski definition) is 2. The number of hydrogen-bond acceptors (Lipinski definition) is 4. The van der Waals surface area contributed by atoms with E-state index in [1.807, 2.05) is 6.07 Å². The van der Waals surface area contributed by atoms with Gasteiger partial charge in [-0.05, 0) is 55.2 Å². The summed E-state index contributed by atoms with van der Waals surface area (Å²) in [4.78, 5) is 27.9. The molecule has 4 rings (SSSR count). The predicted molar refractivity (Wildman–Crippen MR) is 117 cm³/mol. The van der Waals surface area contributed by atoms with Gasteiger partial charge in [0.2, 0.25) is 0 Å². The lowest BCUT2D eigenvalue weighted by Gasteiger charge is -2.07. The first kappa shape index (κ1) is 21.5. The zero-order valence-electron chi connectivity index (χ0n) is 17.4. The third kappa shape index (κ3) is 5.32. The molecule has 0 aliphatic heterocycles. The number of H-pyrrole nitrogens is 1. The Morgan fingerprint density at radius 1 is 1.00 bits per heavy atom. The molecule has 0 spiro atoms. The van der Waals surface area contributed by atoms with Gasteiger partial charge in [-0.15, -0.1) is 0 Å². The third-order valence-corrected chi connectivity index (χ3v) is 5.20. The van der Waals surface area contributed by atoms with Gasteiger partial charge < -0.3 is 10.3 Å². The highest BCUT2D eigenvalue weighted by molar-refractivity contribution is 5.93. The number of aryl methyl sites for hydroxylation is 2. The van der Waals surface area contributed by atoms with Gasteiger partial charge in [-0.25, -0.2) is 13.8 Å². The summed E-state index contributed by atoms with van der Waals surface area (Å²) in [6.45, 7) is 0.0153. The van der Waals surface area contributed by atoms with Crippen LogP contribution in [0.4, 0.5) is 8.78 Å². The van der Waals surface area contributed by atoms with Crippen LogP contribution in [0.1, 0.15) is 46.7 Å². The molecule has 0 radical (unpaired) electrons. The molecule has 0 fully saturated rings. The Labute approximate surface area is 184 Å². The first-order chi connectivity index (χ1) is 15.6. The molecule has 8 heteroatoms. The van der Waals surface area contributed by atoms with Crippen molar-refractivity contribution in [3.8, 4) is 0 Å². The SMILES string of the molecule is O=C(NCc1ncccc1F)c1cncc(CCCCCc2nc3c(F)cccc3[nH]2)c1. The fourth-order valence-corrected chi connectivity index (χ4v) is 3.53. The normalized spacial score (nSPS) is 11.1. The van der Waals surface area contributed by atoms with E-state index >= 15 is 0 Å². The molecule has 1 aromatic carbocycles. The minimum atomic E-state index is -0.451. The molecule has 0 atom stereocenters. The van der Waals surface area contributed by atoms with Gasteiger partial charge in [0.15, 0.2) is 5.82 Å². The van der Waals surface area contributed by atoms with Crippen molar-refractivity contribution in [2.24, 2.45) is 0 Å². The van der Waals surface area contributed by atoms with Gasteiger partial charge in [0.05, 0.1) is 23.3 Å². The van der Waals surface area contributed by atoms with Crippen LogP contribution in [0, 0.1) is 11.6 Å². The molecule has 1 amide bonds. The van der Waals surface area contributed by atoms with E-state index in [0.29, 0.717) is 16.6 Å². The fourth-order valence-electron chi connectivity index (χ4n) is 3.53. The maximum Gasteiger partial charge on any atom is 0.253 e. The quantitative estimate of drug-likeness (QED) is 0.379. The van der Waals surface area contributed by atoms with Crippen molar-refractivity contribution in [1.29, 1.82) is 0 Å². The molecule has 0 aliphatic carbocycles. The maximum absolute atomic E-state index is 13.7. The average molecular weight is 435 g/mol. The second-order valence-electron chi connectivity index (χ2n) is 7.58. The summed E-state index contributed by atoms with van der Waals surface area (Å²) in [7, 11) is 0. The monoisotopic (exact) mass is 435 g/mol. The number of pyridine rings is 2. The van der Waals surface area contributed by atoms with Gasteiger partial charge in [0.1, 0.15) is 17.2 Å². The van der Waals surface area contributed by atoms with E-state index in [0.717, 1.165) is 43.5 Å². The molecule has 0 saturated carbocycles. The Hall–Kier alpha value is -3.68. The number of unbranched alkanes of at least 4 members (excludes halogenated alkanes) is 2. The number of rotatable bonds is 9. The molecule has 0 unspecified atom stereocenters. The number of nitrogens with zero attached hydrogens (tertiary/aromatic N) is 3. The molecule has 4 aromatic rings. The van der Waals surface area contributed by atoms with Gasteiger partial charge in [-0.3, -0.25) is 14.8 Å². The van der Waals surface area contributed by atoms with Gasteiger partial charge in [-0.1, -0.05) is 12.5 Å². The smallest absolute Gasteiger partial charge is 0.253 e. The summed E-state index contributed by atoms with van der Waals surface area (Å²) in [6, 6.07) is 9.51. The number of halogens is 2. The molecule has 32 heavy (non-hydrogen) atoms. The average Bonchev–Trinajstić information content (AvgIpc) is 3.23. The number of nitrogens with one attached hydrogen (secondary N) is 2. The third-order valence-electron chi connectivity index (χ3n) is 5.20. The fraction of sp³-hybridized carbons (Fsp3) is 0.250. The van der Waals surface area contributed by atoms with Crippen molar-refractivity contribution in [2.45, 2.75) is 38.6 Å². The van der Waals surface area contributed by atoms with E-state index in [9.17, 15) is 13.6 Å². The largest absolute Gasteiger partial charge is 0.346 e. The molecule has 164 valence electrons. The number of carbonyl (C=O) groups is 1. The van der Waals surface area contributed by atoms with Gasteiger partial charge in [0, 0.05) is 25.0 Å². The minimum absolute atomic E-state index is 0.0153. The van der Waals surface area contributed by atoms with Crippen molar-refractivity contribution < 1.29 is 13.6 Å². The summed E-state index contributed by atoms with van der Waals surface area (Å²) >= 11 is 0. The van der Waals surface area contributed by atoms with Crippen LogP contribution < -0.4 is 5.32 Å². The van der Waals surface area contributed by atoms with Crippen molar-refractivity contribution >= 4 is 16.9 Å². The van der Waals surface area contributed by atoms with Gasteiger partial charge in [0.25, 0.3) is 5.91 Å². The Morgan fingerprint density at radius 2 is 1.84 bits per heavy atom. The Balaban J connectivity index is 1.23. The van der Waals surface area contributed by atoms with Crippen LogP contribution in [0.2, 0.25) is 0 Å². The lowest BCUT2D eigenvalue weighted by Crippen LogP contribution is -2.24. The highest BCUT2D eigenvalue weighted by Crippen LogP contribution is 2.16. The number of amides is 1. The van der Waals surface area contributed by atoms with Crippen molar-refractivity contribution in [3.63, 3.8) is 0 Å². The molecular formula is C24H23F2N5O. The zero-order valence-corrected chi connectivity index (χ0v) is 17.4. The molecule has 3 aromatic heterocycles. The van der Waals surface area contributed by atoms with E-state index in [4.69, 9.17) is 0 Å². The number of benzene rings is 1. The predicted octanol–water partition coefficient (Wildman–Crippen LogP) is 4.52. The first-order valence-corrected chi connectivity index (χ1v) is 10.5. The molecule has 6 nitrogen and oxygen atoms in total. The number of para-hydroxylation sites is 1. The second kappa shape index (κ2) is 10.1. The van der Waals surface area contributed by atoms with Crippen LogP contribution >= 0.6 is 0 Å². The summed E-state index contributed by atoms with van der Waals surface area (Å²) < 4.78 is 27.4. The minimum Gasteiger partial charge on any atom is -0.346 e. The van der Waals surface area contributed by atoms with E-state index in [1.54, 1.807) is 18.3 Å². The lowest BCUT2D eigenvalue weighted by molar-refractivity contribution is 0.0949. The van der Waals surface area contributed by atoms with E-state index in [1.165, 1.54) is 30.6 Å². The van der Waals surface area contributed by atoms with Crippen LogP contribution in [-0.2, 0) is 19.4 Å². The standard InChI is InChI=1S/C24H23F2N5O/c25-18-8-5-11-28-21(18)15-29-24(32)17-12-16(13-27-14-17)6-2-1-3-10-22-30-20-9-4-7-19(26)23(20)31-22/h4-5,7-9,11-14H,1-3,6,10,15H2,(H,29,32)(H,30,31). The lowest BCUT2D eigenvalue weighted by atomic mass is 10.1. The number of carbonyl (C=O) groups excluding carboxylic acids is 1. The molecule has 2 N–H and O–H groups in total. The summed E-state index contributed by atoms with van der Waals surface area (Å²) in [5.74, 6) is -0.296. The van der Waals surface area contributed by atoms with Crippen LogP contribution in [0.5, 0.6) is 0 Å². The maximum atomic E-state index is 13.7. The number of aromatic nitrogens is 4. The number of aromatic amines is 1. The second-order valence-corrected chi connectivity index (χ2v) is 7.58. The van der Waals surface area contributed by atoms with Crippen molar-refractivity contribution in [3.05, 3.63) is 89.3 Å². The van der Waals surface area contributed by atoms with Gasteiger partial charge in [-0.2, -0.15) is 0 Å². The Bertz CT molecular complexity index is 1220. The molecule has 0 bridgehead atoms. The van der Waals surface area contributed by atoms with Crippen LogP contribution in [0.15, 0.2) is 55.0 Å². The van der Waals surface area contributed by atoms with Crippen LogP contribution in [-0.4, -0.2) is 25.8 Å². The number of fused-ring (bicyclic) bond motifs is 1. The summed E-state index contributed by atoms with van der Waals surface area (Å²) in [6.07, 6.45) is 9.08. The molecule has 3 heterocycles. The molecule has 0 saturated heterocycles. The molecule has 0 aliphatic rings. The molecular weight excluding hydrogens is 412 g/mol. The van der Waals surface area contributed by atoms with E-state index in [-0.39, 0.29) is 24.0 Å². The number of imidazole rings is 1. The van der Waals surface area contributed by atoms with Crippen molar-refractivity contribution in [1.82, 2.24) is 25.3 Å². The Kier molecular flexibility index (Phi) is 6.79. The van der Waals surface area contributed by atoms with E-state index < -0.39 is 5.82 Å².